The molecule has 0 radical (unpaired) electrons. The second kappa shape index (κ2) is 12.2. The van der Waals surface area contributed by atoms with Crippen molar-refractivity contribution in [3.8, 4) is 5.75 Å². The molecular weight excluding hydrogens is 507 g/mol. The summed E-state index contributed by atoms with van der Waals surface area (Å²) in [5.41, 5.74) is 4.56. The van der Waals surface area contributed by atoms with Crippen LogP contribution in [0.25, 0.3) is 10.9 Å². The first-order chi connectivity index (χ1) is 19.5. The number of hydrogen-bond acceptors (Lipinski definition) is 6. The van der Waals surface area contributed by atoms with Crippen molar-refractivity contribution < 1.29 is 9.13 Å². The number of aromatic amines is 1. The number of nitrogens with zero attached hydrogens (tertiary/aromatic N) is 5. The smallest absolute Gasteiger partial charge is 0.252 e. The number of H-pyrrole nitrogens is 1. The van der Waals surface area contributed by atoms with Crippen molar-refractivity contribution >= 4 is 10.9 Å². The van der Waals surface area contributed by atoms with E-state index in [4.69, 9.17) is 4.74 Å². The Morgan fingerprint density at radius 2 is 1.68 bits per heavy atom. The van der Waals surface area contributed by atoms with E-state index in [0.717, 1.165) is 34.2 Å². The topological polar surface area (TPSA) is 88.9 Å². The van der Waals surface area contributed by atoms with Gasteiger partial charge in [-0.15, -0.1) is 5.10 Å². The molecule has 206 valence electrons. The average molecular weight is 541 g/mol. The first-order valence-electron chi connectivity index (χ1n) is 13.5. The Labute approximate surface area is 232 Å². The van der Waals surface area contributed by atoms with Crippen LogP contribution in [-0.2, 0) is 26.1 Å². The standard InChI is InChI=1S/C31H33FN6O2/c1-4-21-10-15-28-24(16-21)17-25(31(39)33-28)20-37(18-22-8-13-27(40-3)14-9-22)29(5-2)30-34-35-36-38(30)19-23-6-11-26(32)12-7-23/h6-17,29H,4-5,18-20H2,1-3H3,(H,33,39)/t29-/m0/s1. The van der Waals surface area contributed by atoms with Gasteiger partial charge in [0, 0.05) is 24.2 Å². The largest absolute Gasteiger partial charge is 0.497 e. The van der Waals surface area contributed by atoms with E-state index in [1.165, 1.54) is 17.7 Å². The number of aryl methyl sites for hydroxylation is 1. The molecule has 0 saturated heterocycles. The number of rotatable bonds is 11. The van der Waals surface area contributed by atoms with Gasteiger partial charge in [-0.3, -0.25) is 9.69 Å². The number of benzene rings is 3. The van der Waals surface area contributed by atoms with E-state index in [-0.39, 0.29) is 17.4 Å². The summed E-state index contributed by atoms with van der Waals surface area (Å²) >= 11 is 0. The molecule has 5 rings (SSSR count). The summed E-state index contributed by atoms with van der Waals surface area (Å²) < 4.78 is 20.6. The van der Waals surface area contributed by atoms with Crippen molar-refractivity contribution in [3.05, 3.63) is 117 Å². The van der Waals surface area contributed by atoms with Crippen LogP contribution in [0.4, 0.5) is 4.39 Å². The van der Waals surface area contributed by atoms with Crippen LogP contribution < -0.4 is 10.3 Å². The maximum Gasteiger partial charge on any atom is 0.252 e. The van der Waals surface area contributed by atoms with Crippen molar-refractivity contribution in [2.75, 3.05) is 7.11 Å². The molecule has 5 aromatic rings. The summed E-state index contributed by atoms with van der Waals surface area (Å²) in [6, 6.07) is 22.2. The van der Waals surface area contributed by atoms with E-state index in [2.05, 4.69) is 45.3 Å². The van der Waals surface area contributed by atoms with Crippen LogP contribution in [0.1, 0.15) is 54.4 Å². The van der Waals surface area contributed by atoms with Crippen molar-refractivity contribution in [1.29, 1.82) is 0 Å². The molecule has 8 nitrogen and oxygen atoms in total. The summed E-state index contributed by atoms with van der Waals surface area (Å²) in [7, 11) is 1.64. The van der Waals surface area contributed by atoms with Gasteiger partial charge in [-0.05, 0) is 87.8 Å². The van der Waals surface area contributed by atoms with Gasteiger partial charge in [0.2, 0.25) is 0 Å². The normalized spacial score (nSPS) is 12.2. The van der Waals surface area contributed by atoms with Crippen molar-refractivity contribution in [1.82, 2.24) is 30.1 Å². The molecule has 0 spiro atoms. The maximum absolute atomic E-state index is 13.5. The summed E-state index contributed by atoms with van der Waals surface area (Å²) in [5, 5.41) is 13.6. The quantitative estimate of drug-likeness (QED) is 0.240. The second-order valence-electron chi connectivity index (χ2n) is 9.90. The molecule has 0 bridgehead atoms. The predicted molar refractivity (Wildman–Crippen MR) is 153 cm³/mol. The van der Waals surface area contributed by atoms with Gasteiger partial charge in [-0.2, -0.15) is 0 Å². The van der Waals surface area contributed by atoms with Gasteiger partial charge in [0.15, 0.2) is 5.82 Å². The first-order valence-corrected chi connectivity index (χ1v) is 13.5. The predicted octanol–water partition coefficient (Wildman–Crippen LogP) is 5.43. The van der Waals surface area contributed by atoms with Crippen LogP contribution in [-0.4, -0.2) is 37.2 Å². The first kappa shape index (κ1) is 27.2. The molecule has 1 atom stereocenters. The Morgan fingerprint density at radius 3 is 2.38 bits per heavy atom. The van der Waals surface area contributed by atoms with Gasteiger partial charge in [-0.25, -0.2) is 9.07 Å². The Hall–Kier alpha value is -4.37. The fourth-order valence-corrected chi connectivity index (χ4v) is 5.03. The number of methoxy groups -OCH3 is 1. The van der Waals surface area contributed by atoms with E-state index < -0.39 is 0 Å². The zero-order chi connectivity index (χ0) is 28.1. The average Bonchev–Trinajstić information content (AvgIpc) is 3.42. The fourth-order valence-electron chi connectivity index (χ4n) is 5.03. The summed E-state index contributed by atoms with van der Waals surface area (Å²) in [6.07, 6.45) is 1.63. The fraction of sp³-hybridized carbons (Fsp3) is 0.290. The molecule has 1 N–H and O–H groups in total. The van der Waals surface area contributed by atoms with Crippen LogP contribution in [0.5, 0.6) is 5.75 Å². The molecule has 2 heterocycles. The number of nitrogens with one attached hydrogen (secondary N) is 1. The lowest BCUT2D eigenvalue weighted by Crippen LogP contribution is -2.32. The Kier molecular flexibility index (Phi) is 8.31. The van der Waals surface area contributed by atoms with E-state index in [9.17, 15) is 9.18 Å². The number of ether oxygens (including phenoxy) is 1. The third-order valence-corrected chi connectivity index (χ3v) is 7.24. The Balaban J connectivity index is 1.51. The molecule has 0 aliphatic rings. The third-order valence-electron chi connectivity index (χ3n) is 7.24. The number of pyridine rings is 1. The SMILES string of the molecule is CCc1ccc2[nH]c(=O)c(CN(Cc3ccc(OC)cc3)[C@@H](CC)c3nnnn3Cc3ccc(F)cc3)cc2c1. The van der Waals surface area contributed by atoms with Crippen LogP contribution >= 0.6 is 0 Å². The number of tetrazole rings is 1. The van der Waals surface area contributed by atoms with Crippen LogP contribution in [0.3, 0.4) is 0 Å². The number of hydrogen-bond donors (Lipinski definition) is 1. The molecule has 0 unspecified atom stereocenters. The lowest BCUT2D eigenvalue weighted by atomic mass is 10.1. The van der Waals surface area contributed by atoms with E-state index in [1.54, 1.807) is 23.9 Å². The molecule has 0 amide bonds. The Morgan fingerprint density at radius 1 is 0.950 bits per heavy atom. The molecule has 0 aliphatic heterocycles. The highest BCUT2D eigenvalue weighted by Crippen LogP contribution is 2.27. The van der Waals surface area contributed by atoms with Gasteiger partial charge < -0.3 is 9.72 Å². The molecule has 40 heavy (non-hydrogen) atoms. The van der Waals surface area contributed by atoms with E-state index in [1.807, 2.05) is 42.5 Å². The molecule has 3 aromatic carbocycles. The molecule has 0 saturated carbocycles. The third kappa shape index (κ3) is 6.10. The minimum absolute atomic E-state index is 0.114. The number of fused-ring (bicyclic) bond motifs is 1. The van der Waals surface area contributed by atoms with Crippen molar-refractivity contribution in [3.63, 3.8) is 0 Å². The highest BCUT2D eigenvalue weighted by molar-refractivity contribution is 5.79. The zero-order valence-corrected chi connectivity index (χ0v) is 23.0. The van der Waals surface area contributed by atoms with Gasteiger partial charge in [0.25, 0.3) is 5.56 Å². The molecule has 9 heteroatoms. The van der Waals surface area contributed by atoms with Gasteiger partial charge >= 0.3 is 0 Å². The summed E-state index contributed by atoms with van der Waals surface area (Å²) in [5.74, 6) is 1.18. The molecule has 0 fully saturated rings. The van der Waals surface area contributed by atoms with Crippen LogP contribution in [0.2, 0.25) is 0 Å². The second-order valence-corrected chi connectivity index (χ2v) is 9.90. The molecule has 2 aromatic heterocycles. The van der Waals surface area contributed by atoms with Crippen LogP contribution in [0.15, 0.2) is 77.6 Å². The highest BCUT2D eigenvalue weighted by atomic mass is 19.1. The van der Waals surface area contributed by atoms with Crippen molar-refractivity contribution in [2.45, 2.75) is 52.4 Å². The van der Waals surface area contributed by atoms with Crippen LogP contribution in [0, 0.1) is 5.82 Å². The Bertz CT molecular complexity index is 1630. The zero-order valence-electron chi connectivity index (χ0n) is 23.0. The lowest BCUT2D eigenvalue weighted by molar-refractivity contribution is 0.161. The number of aromatic nitrogens is 5. The minimum atomic E-state index is -0.288. The van der Waals surface area contributed by atoms with Gasteiger partial charge in [0.1, 0.15) is 11.6 Å². The summed E-state index contributed by atoms with van der Waals surface area (Å²) in [4.78, 5) is 18.5. The number of halogens is 1. The highest BCUT2D eigenvalue weighted by Gasteiger charge is 2.26. The monoisotopic (exact) mass is 540 g/mol. The van der Waals surface area contributed by atoms with Gasteiger partial charge in [-0.1, -0.05) is 44.2 Å². The van der Waals surface area contributed by atoms with E-state index >= 15 is 0 Å². The lowest BCUT2D eigenvalue weighted by Gasteiger charge is -2.30. The van der Waals surface area contributed by atoms with Crippen molar-refractivity contribution in [2.24, 2.45) is 0 Å². The van der Waals surface area contributed by atoms with Gasteiger partial charge in [0.05, 0.1) is 19.7 Å². The maximum atomic E-state index is 13.5. The van der Waals surface area contributed by atoms with E-state index in [0.29, 0.717) is 37.4 Å². The molecular formula is C31H33FN6O2. The minimum Gasteiger partial charge on any atom is -0.497 e. The summed E-state index contributed by atoms with van der Waals surface area (Å²) in [6.45, 7) is 5.58. The molecule has 0 aliphatic carbocycles.